The average Bonchev–Trinajstić information content (AvgIpc) is 3.19. The van der Waals surface area contributed by atoms with Gasteiger partial charge in [-0.15, -0.1) is 0 Å². The molecule has 1 aromatic rings. The second-order valence-corrected chi connectivity index (χ2v) is 5.35. The van der Waals surface area contributed by atoms with Crippen LogP contribution in [-0.2, 0) is 4.79 Å². The first-order valence-corrected chi connectivity index (χ1v) is 6.59. The first-order chi connectivity index (χ1) is 9.08. The molecule has 1 saturated heterocycles. The third kappa shape index (κ3) is 2.23. The van der Waals surface area contributed by atoms with Gasteiger partial charge < -0.3 is 10.6 Å². The van der Waals surface area contributed by atoms with E-state index in [0.29, 0.717) is 12.8 Å². The monoisotopic (exact) mass is 266 g/mol. The summed E-state index contributed by atoms with van der Waals surface area (Å²) in [4.78, 5) is 13.7. The molecule has 2 fully saturated rings. The van der Waals surface area contributed by atoms with E-state index in [2.05, 4.69) is 0 Å². The van der Waals surface area contributed by atoms with E-state index in [-0.39, 0.29) is 23.6 Å². The van der Waals surface area contributed by atoms with Crippen molar-refractivity contribution in [2.45, 2.75) is 43.8 Å². The third-order valence-corrected chi connectivity index (χ3v) is 3.90. The summed E-state index contributed by atoms with van der Waals surface area (Å²) in [7, 11) is 0. The number of nitrogens with two attached hydrogens (primary N) is 1. The summed E-state index contributed by atoms with van der Waals surface area (Å²) in [5.74, 6) is -1.00. The third-order valence-electron chi connectivity index (χ3n) is 3.90. The van der Waals surface area contributed by atoms with Crippen LogP contribution in [0.15, 0.2) is 18.2 Å². The lowest BCUT2D eigenvalue weighted by atomic mass is 9.90. The fraction of sp³-hybridized carbons (Fsp3) is 0.500. The number of hydrogen-bond acceptors (Lipinski definition) is 2. The summed E-state index contributed by atoms with van der Waals surface area (Å²) in [5, 5.41) is 0. The SMILES string of the molecule is NC1CCC(=O)N(C2CC2)C1c1cc(F)ccc1F. The summed E-state index contributed by atoms with van der Waals surface area (Å²) >= 11 is 0. The minimum atomic E-state index is -0.538. The molecular formula is C14H16F2N2O. The molecule has 2 aliphatic rings. The molecule has 0 spiro atoms. The van der Waals surface area contributed by atoms with E-state index in [0.717, 1.165) is 31.0 Å². The molecule has 5 heteroatoms. The van der Waals surface area contributed by atoms with E-state index in [1.54, 1.807) is 4.90 Å². The lowest BCUT2D eigenvalue weighted by molar-refractivity contribution is -0.138. The minimum Gasteiger partial charge on any atom is -0.331 e. The summed E-state index contributed by atoms with van der Waals surface area (Å²) in [6.45, 7) is 0. The number of piperidine rings is 1. The number of likely N-dealkylation sites (tertiary alicyclic amines) is 1. The molecule has 2 unspecified atom stereocenters. The van der Waals surface area contributed by atoms with Crippen LogP contribution in [0.3, 0.4) is 0 Å². The molecule has 1 heterocycles. The van der Waals surface area contributed by atoms with Crippen LogP contribution in [0.1, 0.15) is 37.3 Å². The van der Waals surface area contributed by atoms with Crippen LogP contribution >= 0.6 is 0 Å². The van der Waals surface area contributed by atoms with E-state index in [4.69, 9.17) is 5.73 Å². The second kappa shape index (κ2) is 4.56. The molecule has 3 rings (SSSR count). The topological polar surface area (TPSA) is 46.3 Å². The molecule has 1 aliphatic carbocycles. The maximum atomic E-state index is 14.0. The van der Waals surface area contributed by atoms with Crippen LogP contribution in [0.2, 0.25) is 0 Å². The zero-order chi connectivity index (χ0) is 13.6. The molecular weight excluding hydrogens is 250 g/mol. The van der Waals surface area contributed by atoms with Gasteiger partial charge >= 0.3 is 0 Å². The Bertz CT molecular complexity index is 516. The smallest absolute Gasteiger partial charge is 0.223 e. The standard InChI is InChI=1S/C14H16F2N2O/c15-8-1-4-11(16)10(7-8)14-12(17)5-6-13(19)18(14)9-2-3-9/h1,4,7,9,12,14H,2-3,5-6,17H2. The van der Waals surface area contributed by atoms with Crippen LogP contribution in [-0.4, -0.2) is 22.9 Å². The molecule has 1 aliphatic heterocycles. The van der Waals surface area contributed by atoms with Crippen molar-refractivity contribution < 1.29 is 13.6 Å². The van der Waals surface area contributed by atoms with Crippen molar-refractivity contribution in [2.75, 3.05) is 0 Å². The number of hydrogen-bond donors (Lipinski definition) is 1. The molecule has 1 aromatic carbocycles. The highest BCUT2D eigenvalue weighted by Crippen LogP contribution is 2.40. The van der Waals surface area contributed by atoms with Crippen LogP contribution in [0, 0.1) is 11.6 Å². The minimum absolute atomic E-state index is 0.00198. The van der Waals surface area contributed by atoms with Crippen LogP contribution in [0.5, 0.6) is 0 Å². The summed E-state index contributed by atoms with van der Waals surface area (Å²) in [5.41, 5.74) is 6.27. The Hall–Kier alpha value is -1.49. The summed E-state index contributed by atoms with van der Waals surface area (Å²) in [6.07, 6.45) is 2.76. The Balaban J connectivity index is 2.02. The highest BCUT2D eigenvalue weighted by atomic mass is 19.1. The fourth-order valence-electron chi connectivity index (χ4n) is 2.84. The second-order valence-electron chi connectivity index (χ2n) is 5.35. The quantitative estimate of drug-likeness (QED) is 0.891. The number of carbonyl (C=O) groups is 1. The van der Waals surface area contributed by atoms with Crippen molar-refractivity contribution in [3.63, 3.8) is 0 Å². The Kier molecular flexibility index (Phi) is 3.01. The van der Waals surface area contributed by atoms with Crippen LogP contribution in [0.4, 0.5) is 8.78 Å². The van der Waals surface area contributed by atoms with E-state index in [9.17, 15) is 13.6 Å². The predicted molar refractivity (Wildman–Crippen MR) is 66.2 cm³/mol. The number of carbonyl (C=O) groups excluding carboxylic acids is 1. The predicted octanol–water partition coefficient (Wildman–Crippen LogP) is 2.12. The lowest BCUT2D eigenvalue weighted by Gasteiger charge is -2.40. The van der Waals surface area contributed by atoms with E-state index in [1.165, 1.54) is 0 Å². The van der Waals surface area contributed by atoms with Gasteiger partial charge in [0.2, 0.25) is 5.91 Å². The van der Waals surface area contributed by atoms with Crippen molar-refractivity contribution in [1.82, 2.24) is 4.90 Å². The molecule has 2 atom stereocenters. The number of amides is 1. The highest BCUT2D eigenvalue weighted by Gasteiger charge is 2.43. The Morgan fingerprint density at radius 1 is 1.21 bits per heavy atom. The number of rotatable bonds is 2. The zero-order valence-electron chi connectivity index (χ0n) is 10.5. The first-order valence-electron chi connectivity index (χ1n) is 6.59. The van der Waals surface area contributed by atoms with Crippen molar-refractivity contribution in [3.05, 3.63) is 35.4 Å². The van der Waals surface area contributed by atoms with Crippen molar-refractivity contribution >= 4 is 5.91 Å². The van der Waals surface area contributed by atoms with Gasteiger partial charge in [-0.05, 0) is 37.5 Å². The molecule has 0 radical (unpaired) electrons. The largest absolute Gasteiger partial charge is 0.331 e. The highest BCUT2D eigenvalue weighted by molar-refractivity contribution is 5.78. The van der Waals surface area contributed by atoms with Gasteiger partial charge in [0.1, 0.15) is 11.6 Å². The normalized spacial score (nSPS) is 27.7. The average molecular weight is 266 g/mol. The molecule has 102 valence electrons. The number of nitrogens with zero attached hydrogens (tertiary/aromatic N) is 1. The molecule has 1 saturated carbocycles. The maximum absolute atomic E-state index is 14.0. The molecule has 3 nitrogen and oxygen atoms in total. The fourth-order valence-corrected chi connectivity index (χ4v) is 2.84. The first kappa shape index (κ1) is 12.5. The van der Waals surface area contributed by atoms with Gasteiger partial charge in [0, 0.05) is 24.1 Å². The molecule has 1 amide bonds. The zero-order valence-corrected chi connectivity index (χ0v) is 10.5. The van der Waals surface area contributed by atoms with Gasteiger partial charge in [0.05, 0.1) is 6.04 Å². The maximum Gasteiger partial charge on any atom is 0.223 e. The summed E-state index contributed by atoms with van der Waals surface area (Å²) < 4.78 is 27.3. The molecule has 0 bridgehead atoms. The van der Waals surface area contributed by atoms with E-state index in [1.807, 2.05) is 0 Å². The van der Waals surface area contributed by atoms with E-state index < -0.39 is 17.7 Å². The van der Waals surface area contributed by atoms with Gasteiger partial charge in [0.25, 0.3) is 0 Å². The summed E-state index contributed by atoms with van der Waals surface area (Å²) in [6, 6.07) is 2.61. The number of benzene rings is 1. The van der Waals surface area contributed by atoms with E-state index >= 15 is 0 Å². The number of halogens is 2. The van der Waals surface area contributed by atoms with Crippen LogP contribution < -0.4 is 5.73 Å². The molecule has 19 heavy (non-hydrogen) atoms. The van der Waals surface area contributed by atoms with Gasteiger partial charge in [-0.2, -0.15) is 0 Å². The lowest BCUT2D eigenvalue weighted by Crippen LogP contribution is -2.50. The van der Waals surface area contributed by atoms with Crippen molar-refractivity contribution in [3.8, 4) is 0 Å². The van der Waals surface area contributed by atoms with Gasteiger partial charge in [-0.1, -0.05) is 0 Å². The Morgan fingerprint density at radius 3 is 2.63 bits per heavy atom. The van der Waals surface area contributed by atoms with Gasteiger partial charge in [0.15, 0.2) is 0 Å². The Morgan fingerprint density at radius 2 is 1.95 bits per heavy atom. The van der Waals surface area contributed by atoms with Crippen molar-refractivity contribution in [2.24, 2.45) is 5.73 Å². The van der Waals surface area contributed by atoms with Crippen molar-refractivity contribution in [1.29, 1.82) is 0 Å². The van der Waals surface area contributed by atoms with Crippen LogP contribution in [0.25, 0.3) is 0 Å². The molecule has 0 aromatic heterocycles. The van der Waals surface area contributed by atoms with Gasteiger partial charge in [-0.25, -0.2) is 8.78 Å². The van der Waals surface area contributed by atoms with Gasteiger partial charge in [-0.3, -0.25) is 4.79 Å². The Labute approximate surface area is 110 Å². The molecule has 2 N–H and O–H groups in total.